The zero-order chi connectivity index (χ0) is 9.97. The van der Waals surface area contributed by atoms with E-state index in [9.17, 15) is 0 Å². The third-order valence-corrected chi connectivity index (χ3v) is 3.48. The second-order valence-electron chi connectivity index (χ2n) is 2.50. The maximum Gasteiger partial charge on any atom is 0.180 e. The molecule has 2 N–H and O–H groups in total. The quantitative estimate of drug-likeness (QED) is 0.778. The SMILES string of the molecule is Cc1c(N)ncnc1Sc1nncs1. The van der Waals surface area contributed by atoms with Gasteiger partial charge in [-0.2, -0.15) is 0 Å². The molecule has 0 aromatic carbocycles. The molecule has 0 aliphatic carbocycles. The Morgan fingerprint density at radius 3 is 3.00 bits per heavy atom. The number of nitrogen functional groups attached to an aromatic ring is 1. The van der Waals surface area contributed by atoms with Gasteiger partial charge in [-0.25, -0.2) is 9.97 Å². The van der Waals surface area contributed by atoms with Crippen LogP contribution in [0.5, 0.6) is 0 Å². The van der Waals surface area contributed by atoms with Gasteiger partial charge in [-0.3, -0.25) is 0 Å². The topological polar surface area (TPSA) is 77.6 Å². The van der Waals surface area contributed by atoms with Crippen LogP contribution in [0, 0.1) is 6.92 Å². The van der Waals surface area contributed by atoms with E-state index in [1.807, 2.05) is 6.92 Å². The molecule has 0 aliphatic rings. The summed E-state index contributed by atoms with van der Waals surface area (Å²) in [5.74, 6) is 0.506. The van der Waals surface area contributed by atoms with Crippen molar-refractivity contribution < 1.29 is 0 Å². The molecule has 0 unspecified atom stereocenters. The van der Waals surface area contributed by atoms with Gasteiger partial charge >= 0.3 is 0 Å². The molecule has 0 amide bonds. The Bertz CT molecular complexity index is 428. The Morgan fingerprint density at radius 2 is 2.29 bits per heavy atom. The van der Waals surface area contributed by atoms with E-state index in [-0.39, 0.29) is 0 Å². The van der Waals surface area contributed by atoms with Crippen molar-refractivity contribution in [2.75, 3.05) is 5.73 Å². The van der Waals surface area contributed by atoms with E-state index in [0.717, 1.165) is 14.9 Å². The van der Waals surface area contributed by atoms with Gasteiger partial charge in [0.25, 0.3) is 0 Å². The number of anilines is 1. The van der Waals surface area contributed by atoms with Crippen LogP contribution in [0.15, 0.2) is 21.2 Å². The second-order valence-corrected chi connectivity index (χ2v) is 4.56. The first-order valence-corrected chi connectivity index (χ1v) is 5.48. The monoisotopic (exact) mass is 225 g/mol. The molecule has 0 radical (unpaired) electrons. The fraction of sp³-hybridized carbons (Fsp3) is 0.143. The summed E-state index contributed by atoms with van der Waals surface area (Å²) >= 11 is 2.92. The number of nitrogens with zero attached hydrogens (tertiary/aromatic N) is 4. The van der Waals surface area contributed by atoms with Gasteiger partial charge in [0.1, 0.15) is 22.7 Å². The van der Waals surface area contributed by atoms with Crippen LogP contribution in [-0.4, -0.2) is 20.2 Å². The first-order valence-electron chi connectivity index (χ1n) is 3.78. The summed E-state index contributed by atoms with van der Waals surface area (Å²) in [6.45, 7) is 1.89. The molecule has 2 rings (SSSR count). The largest absolute Gasteiger partial charge is 0.383 e. The fourth-order valence-corrected chi connectivity index (χ4v) is 2.29. The highest BCUT2D eigenvalue weighted by molar-refractivity contribution is 8.01. The second kappa shape index (κ2) is 3.89. The van der Waals surface area contributed by atoms with Gasteiger partial charge in [0.15, 0.2) is 4.34 Å². The van der Waals surface area contributed by atoms with Crippen LogP contribution in [0.1, 0.15) is 5.56 Å². The Balaban J connectivity index is 2.29. The molecule has 14 heavy (non-hydrogen) atoms. The average molecular weight is 225 g/mol. The summed E-state index contributed by atoms with van der Waals surface area (Å²) in [7, 11) is 0. The third kappa shape index (κ3) is 1.83. The molecule has 0 atom stereocenters. The van der Waals surface area contributed by atoms with Gasteiger partial charge in [0.2, 0.25) is 0 Å². The maximum absolute atomic E-state index is 5.65. The molecule has 2 heterocycles. The molecule has 2 aromatic heterocycles. The van der Waals surface area contributed by atoms with Gasteiger partial charge < -0.3 is 5.73 Å². The van der Waals surface area contributed by atoms with E-state index in [0.29, 0.717) is 5.82 Å². The van der Waals surface area contributed by atoms with Gasteiger partial charge in [-0.1, -0.05) is 11.3 Å². The minimum Gasteiger partial charge on any atom is -0.383 e. The van der Waals surface area contributed by atoms with Crippen LogP contribution in [0.4, 0.5) is 5.82 Å². The lowest BCUT2D eigenvalue weighted by atomic mass is 10.4. The number of hydrogen-bond acceptors (Lipinski definition) is 7. The molecular weight excluding hydrogens is 218 g/mol. The minimum absolute atomic E-state index is 0.506. The lowest BCUT2D eigenvalue weighted by Gasteiger charge is -2.02. The molecule has 0 fully saturated rings. The van der Waals surface area contributed by atoms with Crippen LogP contribution >= 0.6 is 23.1 Å². The first-order chi connectivity index (χ1) is 6.77. The Kier molecular flexibility index (Phi) is 2.60. The fourth-order valence-electron chi connectivity index (χ4n) is 0.840. The predicted molar refractivity (Wildman–Crippen MR) is 55.2 cm³/mol. The molecule has 0 spiro atoms. The van der Waals surface area contributed by atoms with Gasteiger partial charge in [-0.05, 0) is 18.7 Å². The molecule has 72 valence electrons. The number of aromatic nitrogens is 4. The van der Waals surface area contributed by atoms with E-state index in [2.05, 4.69) is 20.2 Å². The van der Waals surface area contributed by atoms with Crippen LogP contribution in [0.25, 0.3) is 0 Å². The van der Waals surface area contributed by atoms with Gasteiger partial charge in [0.05, 0.1) is 0 Å². The smallest absolute Gasteiger partial charge is 0.180 e. The Labute approximate surface area is 88.8 Å². The predicted octanol–water partition coefficient (Wildman–Crippen LogP) is 1.37. The molecular formula is C7H7N5S2. The Morgan fingerprint density at radius 1 is 1.43 bits per heavy atom. The highest BCUT2D eigenvalue weighted by Crippen LogP contribution is 2.30. The van der Waals surface area contributed by atoms with Crippen LogP contribution in [0.3, 0.4) is 0 Å². The molecule has 2 aromatic rings. The van der Waals surface area contributed by atoms with E-state index in [4.69, 9.17) is 5.73 Å². The van der Waals surface area contributed by atoms with Crippen molar-refractivity contribution >= 4 is 28.9 Å². The zero-order valence-electron chi connectivity index (χ0n) is 7.34. The number of hydrogen-bond donors (Lipinski definition) is 1. The molecule has 0 bridgehead atoms. The number of nitrogens with two attached hydrogens (primary N) is 1. The van der Waals surface area contributed by atoms with Crippen molar-refractivity contribution in [1.82, 2.24) is 20.2 Å². The number of rotatable bonds is 2. The van der Waals surface area contributed by atoms with Crippen molar-refractivity contribution in [3.05, 3.63) is 17.4 Å². The standard InChI is InChI=1S/C7H7N5S2/c1-4-5(8)9-2-10-6(4)14-7-12-11-3-13-7/h2-3H,1H3,(H2,8,9,10). The summed E-state index contributed by atoms with van der Waals surface area (Å²) in [6, 6.07) is 0. The zero-order valence-corrected chi connectivity index (χ0v) is 8.97. The molecule has 7 heteroatoms. The summed E-state index contributed by atoms with van der Waals surface area (Å²) in [5.41, 5.74) is 8.22. The van der Waals surface area contributed by atoms with Crippen LogP contribution < -0.4 is 5.73 Å². The third-order valence-electron chi connectivity index (χ3n) is 1.60. The average Bonchev–Trinajstić information content (AvgIpc) is 2.66. The minimum atomic E-state index is 0.506. The maximum atomic E-state index is 5.65. The van der Waals surface area contributed by atoms with Gasteiger partial charge in [0, 0.05) is 5.56 Å². The highest BCUT2D eigenvalue weighted by atomic mass is 32.2. The molecule has 0 saturated carbocycles. The first kappa shape index (κ1) is 9.35. The van der Waals surface area contributed by atoms with Crippen molar-refractivity contribution in [1.29, 1.82) is 0 Å². The summed E-state index contributed by atoms with van der Waals surface area (Å²) in [5, 5.41) is 8.48. The highest BCUT2D eigenvalue weighted by Gasteiger charge is 2.07. The van der Waals surface area contributed by atoms with Crippen molar-refractivity contribution in [2.45, 2.75) is 16.3 Å². The van der Waals surface area contributed by atoms with E-state index < -0.39 is 0 Å². The van der Waals surface area contributed by atoms with E-state index >= 15 is 0 Å². The van der Waals surface area contributed by atoms with E-state index in [1.165, 1.54) is 29.4 Å². The summed E-state index contributed by atoms with van der Waals surface area (Å²) in [4.78, 5) is 8.01. The van der Waals surface area contributed by atoms with Crippen LogP contribution in [0.2, 0.25) is 0 Å². The van der Waals surface area contributed by atoms with Gasteiger partial charge in [-0.15, -0.1) is 10.2 Å². The summed E-state index contributed by atoms with van der Waals surface area (Å²) in [6.07, 6.45) is 1.45. The van der Waals surface area contributed by atoms with Crippen molar-refractivity contribution in [3.8, 4) is 0 Å². The molecule has 5 nitrogen and oxygen atoms in total. The lowest BCUT2D eigenvalue weighted by Crippen LogP contribution is -1.97. The Hall–Kier alpha value is -1.21. The van der Waals surface area contributed by atoms with E-state index in [1.54, 1.807) is 5.51 Å². The molecule has 0 saturated heterocycles. The van der Waals surface area contributed by atoms with Crippen LogP contribution in [-0.2, 0) is 0 Å². The van der Waals surface area contributed by atoms with Crippen molar-refractivity contribution in [3.63, 3.8) is 0 Å². The molecule has 0 aliphatic heterocycles. The normalized spacial score (nSPS) is 10.4. The lowest BCUT2D eigenvalue weighted by molar-refractivity contribution is 0.987. The van der Waals surface area contributed by atoms with Crippen molar-refractivity contribution in [2.24, 2.45) is 0 Å². The summed E-state index contributed by atoms with van der Waals surface area (Å²) < 4.78 is 0.853.